The zero-order valence-electron chi connectivity index (χ0n) is 14.4. The predicted molar refractivity (Wildman–Crippen MR) is 86.5 cm³/mol. The summed E-state index contributed by atoms with van der Waals surface area (Å²) in [6.07, 6.45) is -1.43. The van der Waals surface area contributed by atoms with Crippen molar-refractivity contribution < 1.29 is 8.82 Å². The van der Waals surface area contributed by atoms with Gasteiger partial charge in [-0.25, -0.2) is 18.5 Å². The lowest BCUT2D eigenvalue weighted by Gasteiger charge is -2.36. The Bertz CT molecular complexity index is 646. The molecule has 1 heterocycles. The van der Waals surface area contributed by atoms with Crippen LogP contribution in [0.25, 0.3) is 0 Å². The molecule has 0 aliphatic heterocycles. The Balaban J connectivity index is 2.84. The van der Waals surface area contributed by atoms with E-state index in [2.05, 4.69) is 25.8 Å². The third-order valence-corrected chi connectivity index (χ3v) is 8.80. The minimum atomic E-state index is -2.06. The van der Waals surface area contributed by atoms with E-state index in [0.717, 1.165) is 4.57 Å². The van der Waals surface area contributed by atoms with Crippen LogP contribution in [0.4, 0.5) is 4.39 Å². The first-order valence-electron chi connectivity index (χ1n) is 7.29. The summed E-state index contributed by atoms with van der Waals surface area (Å²) < 4.78 is 22.0. The van der Waals surface area contributed by atoms with Gasteiger partial charge in [-0.3, -0.25) is 4.57 Å². The Morgan fingerprint density at radius 2 is 1.86 bits per heavy atom. The molecular formula is C14H26FN3O3Si. The molecule has 0 saturated heterocycles. The van der Waals surface area contributed by atoms with Crippen molar-refractivity contribution in [2.75, 3.05) is 6.61 Å². The van der Waals surface area contributed by atoms with Gasteiger partial charge in [0.15, 0.2) is 8.32 Å². The van der Waals surface area contributed by atoms with Crippen molar-refractivity contribution in [2.24, 2.45) is 7.05 Å². The minimum Gasteiger partial charge on any atom is -0.414 e. The molecule has 22 heavy (non-hydrogen) atoms. The second-order valence-electron chi connectivity index (χ2n) is 7.06. The van der Waals surface area contributed by atoms with Gasteiger partial charge in [0.2, 0.25) is 0 Å². The molecule has 126 valence electrons. The van der Waals surface area contributed by atoms with E-state index < -0.39 is 25.9 Å². The van der Waals surface area contributed by atoms with Crippen LogP contribution in [0.1, 0.15) is 26.6 Å². The first kappa shape index (κ1) is 18.8. The SMILES string of the molecule is Cc1nc(=O)n(CC(F)CO[Si](C)(C)C(C)(C)C)c(=O)n1C. The molecule has 1 aromatic heterocycles. The normalized spacial score (nSPS) is 14.2. The lowest BCUT2D eigenvalue weighted by molar-refractivity contribution is 0.162. The monoisotopic (exact) mass is 331 g/mol. The average molecular weight is 331 g/mol. The Morgan fingerprint density at radius 1 is 1.32 bits per heavy atom. The number of halogens is 1. The van der Waals surface area contributed by atoms with Gasteiger partial charge in [-0.05, 0) is 25.1 Å². The van der Waals surface area contributed by atoms with Crippen LogP contribution in [-0.2, 0) is 18.0 Å². The molecule has 0 aliphatic rings. The molecular weight excluding hydrogens is 305 g/mol. The van der Waals surface area contributed by atoms with E-state index in [1.807, 2.05) is 13.1 Å². The molecule has 0 amide bonds. The predicted octanol–water partition coefficient (Wildman–Crippen LogP) is 1.61. The highest BCUT2D eigenvalue weighted by molar-refractivity contribution is 6.74. The zero-order chi connectivity index (χ0) is 17.3. The summed E-state index contributed by atoms with van der Waals surface area (Å²) in [5.41, 5.74) is -1.29. The van der Waals surface area contributed by atoms with Gasteiger partial charge >= 0.3 is 11.4 Å². The maximum atomic E-state index is 14.2. The molecule has 1 unspecified atom stereocenters. The minimum absolute atomic E-state index is 0.0227. The van der Waals surface area contributed by atoms with Crippen LogP contribution in [0.5, 0.6) is 0 Å². The van der Waals surface area contributed by atoms with Gasteiger partial charge in [0.25, 0.3) is 0 Å². The third-order valence-electron chi connectivity index (χ3n) is 4.30. The fourth-order valence-corrected chi connectivity index (χ4v) is 2.63. The van der Waals surface area contributed by atoms with Crippen molar-refractivity contribution in [3.8, 4) is 0 Å². The summed E-state index contributed by atoms with van der Waals surface area (Å²) in [6, 6.07) is 0. The lowest BCUT2D eigenvalue weighted by atomic mass is 10.2. The van der Waals surface area contributed by atoms with Gasteiger partial charge in [-0.2, -0.15) is 4.98 Å². The van der Waals surface area contributed by atoms with Crippen molar-refractivity contribution in [3.05, 3.63) is 26.8 Å². The van der Waals surface area contributed by atoms with Crippen LogP contribution in [0.3, 0.4) is 0 Å². The fraction of sp³-hybridized carbons (Fsp3) is 0.786. The molecule has 0 bridgehead atoms. The molecule has 0 radical (unpaired) electrons. The zero-order valence-corrected chi connectivity index (χ0v) is 15.4. The van der Waals surface area contributed by atoms with Crippen molar-refractivity contribution in [3.63, 3.8) is 0 Å². The van der Waals surface area contributed by atoms with Crippen molar-refractivity contribution in [1.29, 1.82) is 0 Å². The van der Waals surface area contributed by atoms with Crippen LogP contribution < -0.4 is 11.4 Å². The standard InChI is InChI=1S/C14H26FN3O3Si/c1-10-16-12(19)18(13(20)17(10)5)8-11(15)9-21-22(6,7)14(2,3)4/h11H,8-9H2,1-7H3. The van der Waals surface area contributed by atoms with Gasteiger partial charge in [0.05, 0.1) is 13.2 Å². The number of aromatic nitrogens is 3. The second kappa shape index (κ2) is 6.45. The summed E-state index contributed by atoms with van der Waals surface area (Å²) in [5.74, 6) is 0.305. The summed E-state index contributed by atoms with van der Waals surface area (Å²) in [4.78, 5) is 27.4. The number of hydrogen-bond acceptors (Lipinski definition) is 4. The quantitative estimate of drug-likeness (QED) is 0.769. The summed E-state index contributed by atoms with van der Waals surface area (Å²) in [6.45, 7) is 11.3. The Kier molecular flexibility index (Phi) is 5.50. The first-order valence-corrected chi connectivity index (χ1v) is 10.2. The average Bonchev–Trinajstić information content (AvgIpc) is 2.37. The van der Waals surface area contributed by atoms with Crippen LogP contribution in [0.15, 0.2) is 9.59 Å². The van der Waals surface area contributed by atoms with E-state index in [1.165, 1.54) is 11.6 Å². The van der Waals surface area contributed by atoms with Crippen LogP contribution in [0, 0.1) is 6.92 Å². The van der Waals surface area contributed by atoms with Crippen molar-refractivity contribution in [1.82, 2.24) is 14.1 Å². The number of nitrogens with zero attached hydrogens (tertiary/aromatic N) is 3. The fourth-order valence-electron chi connectivity index (χ4n) is 1.60. The number of alkyl halides is 1. The van der Waals surface area contributed by atoms with E-state index in [0.29, 0.717) is 5.82 Å². The molecule has 0 aliphatic carbocycles. The van der Waals surface area contributed by atoms with Crippen LogP contribution in [0.2, 0.25) is 18.1 Å². The Hall–Kier alpha value is -1.28. The summed E-state index contributed by atoms with van der Waals surface area (Å²) >= 11 is 0. The van der Waals surface area contributed by atoms with Gasteiger partial charge < -0.3 is 4.43 Å². The molecule has 0 saturated carbocycles. The van der Waals surface area contributed by atoms with E-state index in [4.69, 9.17) is 4.43 Å². The van der Waals surface area contributed by atoms with Gasteiger partial charge in [-0.15, -0.1) is 0 Å². The number of aryl methyl sites for hydroxylation is 1. The summed E-state index contributed by atoms with van der Waals surface area (Å²) in [7, 11) is -0.558. The molecule has 6 nitrogen and oxygen atoms in total. The molecule has 1 atom stereocenters. The van der Waals surface area contributed by atoms with E-state index in [1.54, 1.807) is 6.92 Å². The highest BCUT2D eigenvalue weighted by Crippen LogP contribution is 2.36. The number of rotatable bonds is 5. The Labute approximate surface area is 131 Å². The first-order chi connectivity index (χ1) is 9.86. The maximum Gasteiger partial charge on any atom is 0.353 e. The van der Waals surface area contributed by atoms with Crippen LogP contribution >= 0.6 is 0 Å². The summed E-state index contributed by atoms with van der Waals surface area (Å²) in [5, 5.41) is -0.0227. The lowest BCUT2D eigenvalue weighted by Crippen LogP contribution is -2.46. The van der Waals surface area contributed by atoms with Crippen molar-refractivity contribution in [2.45, 2.75) is 58.5 Å². The van der Waals surface area contributed by atoms with Crippen LogP contribution in [-0.4, -0.2) is 35.2 Å². The third kappa shape index (κ3) is 4.13. The van der Waals surface area contributed by atoms with E-state index >= 15 is 0 Å². The maximum absolute atomic E-state index is 14.2. The van der Waals surface area contributed by atoms with E-state index in [9.17, 15) is 14.0 Å². The van der Waals surface area contributed by atoms with Gasteiger partial charge in [0.1, 0.15) is 12.0 Å². The molecule has 1 rings (SSSR count). The van der Waals surface area contributed by atoms with Gasteiger partial charge in [0, 0.05) is 7.05 Å². The largest absolute Gasteiger partial charge is 0.414 e. The molecule has 0 spiro atoms. The second-order valence-corrected chi connectivity index (χ2v) is 11.9. The molecule has 0 aromatic carbocycles. The number of hydrogen-bond donors (Lipinski definition) is 0. The van der Waals surface area contributed by atoms with E-state index in [-0.39, 0.29) is 18.2 Å². The smallest absolute Gasteiger partial charge is 0.353 e. The van der Waals surface area contributed by atoms with Gasteiger partial charge in [-0.1, -0.05) is 20.8 Å². The van der Waals surface area contributed by atoms with Crippen molar-refractivity contribution >= 4 is 8.32 Å². The molecule has 0 N–H and O–H groups in total. The topological polar surface area (TPSA) is 66.1 Å². The Morgan fingerprint density at radius 3 is 2.36 bits per heavy atom. The molecule has 8 heteroatoms. The highest BCUT2D eigenvalue weighted by Gasteiger charge is 2.37. The highest BCUT2D eigenvalue weighted by atomic mass is 28.4. The molecule has 1 aromatic rings. The molecule has 0 fully saturated rings.